The molecule has 39 heavy (non-hydrogen) atoms. The number of H-pyrrole nitrogens is 1. The number of fused-ring (bicyclic) bond motifs is 1. The molecule has 0 aliphatic heterocycles. The van der Waals surface area contributed by atoms with Crippen molar-refractivity contribution in [3.63, 3.8) is 0 Å². The second-order valence-corrected chi connectivity index (χ2v) is 10.5. The van der Waals surface area contributed by atoms with Crippen molar-refractivity contribution in [3.05, 3.63) is 106 Å². The van der Waals surface area contributed by atoms with E-state index in [9.17, 15) is 9.18 Å². The molecule has 202 valence electrons. The number of halogens is 1. The Morgan fingerprint density at radius 2 is 1.92 bits per heavy atom. The first-order valence-electron chi connectivity index (χ1n) is 12.7. The average molecular weight is 531 g/mol. The van der Waals surface area contributed by atoms with E-state index in [4.69, 9.17) is 9.15 Å². The van der Waals surface area contributed by atoms with Crippen LogP contribution >= 0.6 is 0 Å². The summed E-state index contributed by atoms with van der Waals surface area (Å²) in [4.78, 5) is 18.8. The number of pyridine rings is 1. The van der Waals surface area contributed by atoms with Gasteiger partial charge in [-0.15, -0.1) is 5.10 Å². The SMILES string of the molecule is COc1ccc2cc(C(c3nnnn3C(C)(C)C)N(CCc3ccc(F)cc3)Cc3ccco3)c(=O)[nH]c2c1. The fourth-order valence-electron chi connectivity index (χ4n) is 4.69. The van der Waals surface area contributed by atoms with Crippen LogP contribution in [0.4, 0.5) is 4.39 Å². The topological polar surface area (TPSA) is 102 Å². The lowest BCUT2D eigenvalue weighted by Crippen LogP contribution is -2.38. The molecule has 0 spiro atoms. The van der Waals surface area contributed by atoms with Gasteiger partial charge < -0.3 is 14.1 Å². The summed E-state index contributed by atoms with van der Waals surface area (Å²) < 4.78 is 26.4. The molecule has 0 radical (unpaired) electrons. The highest BCUT2D eigenvalue weighted by Gasteiger charge is 2.33. The molecule has 10 heteroatoms. The minimum atomic E-state index is -0.611. The fraction of sp³-hybridized carbons (Fsp3) is 0.310. The number of aromatic amines is 1. The van der Waals surface area contributed by atoms with Crippen LogP contribution in [0, 0.1) is 5.82 Å². The lowest BCUT2D eigenvalue weighted by Gasteiger charge is -2.32. The fourth-order valence-corrected chi connectivity index (χ4v) is 4.69. The van der Waals surface area contributed by atoms with Gasteiger partial charge in [-0.1, -0.05) is 12.1 Å². The van der Waals surface area contributed by atoms with Crippen LogP contribution in [0.2, 0.25) is 0 Å². The lowest BCUT2D eigenvalue weighted by molar-refractivity contribution is 0.181. The van der Waals surface area contributed by atoms with Gasteiger partial charge in [0, 0.05) is 18.2 Å². The second kappa shape index (κ2) is 10.8. The molecule has 0 aliphatic carbocycles. The van der Waals surface area contributed by atoms with Gasteiger partial charge in [-0.2, -0.15) is 0 Å². The zero-order valence-corrected chi connectivity index (χ0v) is 22.4. The summed E-state index contributed by atoms with van der Waals surface area (Å²) in [5.41, 5.74) is 1.44. The van der Waals surface area contributed by atoms with Gasteiger partial charge in [0.1, 0.15) is 23.4 Å². The summed E-state index contributed by atoms with van der Waals surface area (Å²) in [5, 5.41) is 13.6. The monoisotopic (exact) mass is 530 g/mol. The number of methoxy groups -OCH3 is 1. The first kappa shape index (κ1) is 26.3. The molecule has 5 aromatic rings. The summed E-state index contributed by atoms with van der Waals surface area (Å²) in [7, 11) is 1.59. The number of furan rings is 1. The first-order chi connectivity index (χ1) is 18.7. The maximum atomic E-state index is 13.7. The molecule has 0 amide bonds. The Hall–Kier alpha value is -4.31. The van der Waals surface area contributed by atoms with E-state index in [1.54, 1.807) is 36.3 Å². The van der Waals surface area contributed by atoms with Crippen molar-refractivity contribution in [3.8, 4) is 5.75 Å². The highest BCUT2D eigenvalue weighted by atomic mass is 19.1. The maximum absolute atomic E-state index is 13.7. The van der Waals surface area contributed by atoms with Crippen LogP contribution < -0.4 is 10.3 Å². The van der Waals surface area contributed by atoms with Gasteiger partial charge in [-0.05, 0) is 91.0 Å². The highest BCUT2D eigenvalue weighted by molar-refractivity contribution is 5.80. The number of ether oxygens (including phenoxy) is 1. The van der Waals surface area contributed by atoms with Crippen molar-refractivity contribution in [2.24, 2.45) is 0 Å². The molecule has 9 nitrogen and oxygen atoms in total. The Morgan fingerprint density at radius 3 is 2.62 bits per heavy atom. The van der Waals surface area contributed by atoms with Crippen LogP contribution in [0.15, 0.2) is 76.1 Å². The third-order valence-corrected chi connectivity index (χ3v) is 6.66. The molecule has 3 aromatic heterocycles. The van der Waals surface area contributed by atoms with Crippen LogP contribution in [0.1, 0.15) is 49.5 Å². The minimum Gasteiger partial charge on any atom is -0.497 e. The first-order valence-corrected chi connectivity index (χ1v) is 12.7. The van der Waals surface area contributed by atoms with Crippen LogP contribution in [0.3, 0.4) is 0 Å². The predicted octanol–water partition coefficient (Wildman–Crippen LogP) is 4.84. The Kier molecular flexibility index (Phi) is 7.30. The number of aromatic nitrogens is 5. The molecule has 0 saturated carbocycles. The Bertz CT molecular complexity index is 1600. The zero-order chi connectivity index (χ0) is 27.6. The van der Waals surface area contributed by atoms with Gasteiger partial charge >= 0.3 is 0 Å². The van der Waals surface area contributed by atoms with Gasteiger partial charge in [0.2, 0.25) is 0 Å². The lowest BCUT2D eigenvalue weighted by atomic mass is 10.0. The molecule has 3 heterocycles. The standard InChI is InChI=1S/C29H31FN6O3/c1-29(2,3)36-27(32-33-34-36)26(24-16-20-9-12-22(38-4)17-25(20)31-28(24)37)35(18-23-6-5-15-39-23)14-13-19-7-10-21(30)11-8-19/h5-12,15-17,26H,13-14,18H2,1-4H3,(H,31,37). The van der Waals surface area contributed by atoms with E-state index in [1.807, 2.05) is 51.1 Å². The molecular weight excluding hydrogens is 499 g/mol. The Balaban J connectivity index is 1.65. The number of nitrogens with one attached hydrogen (secondary N) is 1. The molecule has 0 fully saturated rings. The Morgan fingerprint density at radius 1 is 1.13 bits per heavy atom. The van der Waals surface area contributed by atoms with Crippen molar-refractivity contribution in [2.45, 2.75) is 45.3 Å². The minimum absolute atomic E-state index is 0.254. The zero-order valence-electron chi connectivity index (χ0n) is 22.4. The molecular formula is C29H31FN6O3. The van der Waals surface area contributed by atoms with Crippen molar-refractivity contribution >= 4 is 10.9 Å². The Labute approximate surface area is 225 Å². The number of benzene rings is 2. The maximum Gasteiger partial charge on any atom is 0.253 e. The normalized spacial score (nSPS) is 12.8. The summed E-state index contributed by atoms with van der Waals surface area (Å²) in [6.45, 7) is 6.95. The van der Waals surface area contributed by atoms with E-state index in [2.05, 4.69) is 25.4 Å². The molecule has 2 aromatic carbocycles. The van der Waals surface area contributed by atoms with E-state index >= 15 is 0 Å². The molecule has 1 atom stereocenters. The quantitative estimate of drug-likeness (QED) is 0.291. The smallest absolute Gasteiger partial charge is 0.253 e. The van der Waals surface area contributed by atoms with E-state index in [0.29, 0.717) is 42.2 Å². The largest absolute Gasteiger partial charge is 0.497 e. The third kappa shape index (κ3) is 5.75. The molecule has 5 rings (SSSR count). The number of tetrazole rings is 1. The van der Waals surface area contributed by atoms with Crippen molar-refractivity contribution in [2.75, 3.05) is 13.7 Å². The van der Waals surface area contributed by atoms with Crippen LogP contribution in [-0.2, 0) is 18.5 Å². The van der Waals surface area contributed by atoms with Gasteiger partial charge in [0.15, 0.2) is 5.82 Å². The van der Waals surface area contributed by atoms with Crippen LogP contribution in [-0.4, -0.2) is 43.7 Å². The molecule has 1 unspecified atom stereocenters. The van der Waals surface area contributed by atoms with Crippen molar-refractivity contribution in [1.82, 2.24) is 30.1 Å². The highest BCUT2D eigenvalue weighted by Crippen LogP contribution is 2.31. The summed E-state index contributed by atoms with van der Waals surface area (Å²) in [6.07, 6.45) is 2.23. The van der Waals surface area contributed by atoms with Crippen molar-refractivity contribution < 1.29 is 13.5 Å². The van der Waals surface area contributed by atoms with Gasteiger partial charge in [-0.3, -0.25) is 9.69 Å². The summed E-state index contributed by atoms with van der Waals surface area (Å²) in [6, 6.07) is 17.0. The van der Waals surface area contributed by atoms with Gasteiger partial charge in [0.25, 0.3) is 5.56 Å². The number of nitrogens with zero attached hydrogens (tertiary/aromatic N) is 5. The average Bonchev–Trinajstić information content (AvgIpc) is 3.61. The van der Waals surface area contributed by atoms with Gasteiger partial charge in [0.05, 0.1) is 31.0 Å². The van der Waals surface area contributed by atoms with Crippen molar-refractivity contribution in [1.29, 1.82) is 0 Å². The van der Waals surface area contributed by atoms with E-state index < -0.39 is 11.6 Å². The van der Waals surface area contributed by atoms with Crippen LogP contribution in [0.5, 0.6) is 5.75 Å². The number of hydrogen-bond donors (Lipinski definition) is 1. The summed E-state index contributed by atoms with van der Waals surface area (Å²) >= 11 is 0. The summed E-state index contributed by atoms with van der Waals surface area (Å²) in [5.74, 6) is 1.63. The number of rotatable bonds is 9. The predicted molar refractivity (Wildman–Crippen MR) is 145 cm³/mol. The van der Waals surface area contributed by atoms with E-state index in [1.165, 1.54) is 12.1 Å². The van der Waals surface area contributed by atoms with Gasteiger partial charge in [-0.25, -0.2) is 9.07 Å². The van der Waals surface area contributed by atoms with E-state index in [0.717, 1.165) is 16.7 Å². The molecule has 0 saturated heterocycles. The molecule has 0 aliphatic rings. The van der Waals surface area contributed by atoms with E-state index in [-0.39, 0.29) is 11.4 Å². The molecule has 1 N–H and O–H groups in total. The van der Waals surface area contributed by atoms with Crippen LogP contribution in [0.25, 0.3) is 10.9 Å². The third-order valence-electron chi connectivity index (χ3n) is 6.66. The molecule has 0 bridgehead atoms. The number of hydrogen-bond acceptors (Lipinski definition) is 7. The second-order valence-electron chi connectivity index (χ2n) is 10.5.